The molecule has 4 rings (SSSR count). The largest absolute Gasteiger partial charge is 0.490 e. The lowest BCUT2D eigenvalue weighted by Gasteiger charge is -2.32. The van der Waals surface area contributed by atoms with Crippen molar-refractivity contribution in [2.45, 2.75) is 39.7 Å². The third kappa shape index (κ3) is 4.35. The number of benzene rings is 1. The Kier molecular flexibility index (Phi) is 5.67. The van der Waals surface area contributed by atoms with Crippen LogP contribution in [0.2, 0.25) is 0 Å². The maximum Gasteiger partial charge on any atom is 0.255 e. The zero-order chi connectivity index (χ0) is 20.4. The number of thiophene rings is 1. The smallest absolute Gasteiger partial charge is 0.255 e. The summed E-state index contributed by atoms with van der Waals surface area (Å²) in [5.41, 5.74) is 4.92. The summed E-state index contributed by atoms with van der Waals surface area (Å²) in [4.78, 5) is 20.7. The summed E-state index contributed by atoms with van der Waals surface area (Å²) >= 11 is 1.66. The molecule has 1 saturated heterocycles. The summed E-state index contributed by atoms with van der Waals surface area (Å²) in [5.74, 6) is 0.986. The standard InChI is InChI=1S/C24H26N2O2S/c1-16-6-7-20(15-17(16)2)28-19-10-12-26(13-11-19)24(27)21-8-9-22(25-18(21)3)23-5-4-14-29-23/h4-9,14-15,19H,10-13H2,1-3H3. The average Bonchev–Trinajstić information content (AvgIpc) is 3.26. The molecule has 0 N–H and O–H groups in total. The van der Waals surface area contributed by atoms with E-state index in [-0.39, 0.29) is 12.0 Å². The van der Waals surface area contributed by atoms with Gasteiger partial charge in [0.05, 0.1) is 21.8 Å². The van der Waals surface area contributed by atoms with Crippen LogP contribution in [0.1, 0.15) is 40.0 Å². The second-order valence-electron chi connectivity index (χ2n) is 7.66. The van der Waals surface area contributed by atoms with E-state index < -0.39 is 0 Å². The molecule has 3 aromatic rings. The molecule has 1 aliphatic heterocycles. The van der Waals surface area contributed by atoms with Crippen LogP contribution in [0, 0.1) is 20.8 Å². The van der Waals surface area contributed by atoms with Crippen molar-refractivity contribution >= 4 is 17.2 Å². The number of pyridine rings is 1. The number of piperidine rings is 1. The normalized spacial score (nSPS) is 14.8. The molecule has 4 nitrogen and oxygen atoms in total. The Balaban J connectivity index is 1.38. The topological polar surface area (TPSA) is 42.4 Å². The number of hydrogen-bond donors (Lipinski definition) is 0. The fourth-order valence-electron chi connectivity index (χ4n) is 3.68. The maximum absolute atomic E-state index is 13.0. The molecular weight excluding hydrogens is 380 g/mol. The average molecular weight is 407 g/mol. The number of aryl methyl sites for hydroxylation is 3. The molecule has 5 heteroatoms. The van der Waals surface area contributed by atoms with Gasteiger partial charge in [-0.05, 0) is 67.6 Å². The third-order valence-corrected chi connectivity index (χ3v) is 6.49. The highest BCUT2D eigenvalue weighted by Crippen LogP contribution is 2.26. The SMILES string of the molecule is Cc1ccc(OC2CCN(C(=O)c3ccc(-c4cccs4)nc3C)CC2)cc1C. The first-order valence-electron chi connectivity index (χ1n) is 10.1. The molecule has 150 valence electrons. The first kappa shape index (κ1) is 19.6. The molecule has 0 unspecified atom stereocenters. The molecular formula is C24H26N2O2S. The van der Waals surface area contributed by atoms with Crippen molar-refractivity contribution in [1.82, 2.24) is 9.88 Å². The summed E-state index contributed by atoms with van der Waals surface area (Å²) in [6.07, 6.45) is 1.85. The van der Waals surface area contributed by atoms with Crippen LogP contribution in [0.15, 0.2) is 47.8 Å². The molecule has 1 aromatic carbocycles. The van der Waals surface area contributed by atoms with E-state index in [2.05, 4.69) is 31.0 Å². The maximum atomic E-state index is 13.0. The van der Waals surface area contributed by atoms with Crippen LogP contribution in [0.3, 0.4) is 0 Å². The zero-order valence-corrected chi connectivity index (χ0v) is 18.0. The van der Waals surface area contributed by atoms with E-state index in [1.54, 1.807) is 11.3 Å². The molecule has 0 radical (unpaired) electrons. The minimum Gasteiger partial charge on any atom is -0.490 e. The first-order chi connectivity index (χ1) is 14.0. The lowest BCUT2D eigenvalue weighted by molar-refractivity contribution is 0.0594. The quantitative estimate of drug-likeness (QED) is 0.581. The minimum atomic E-state index is 0.0670. The van der Waals surface area contributed by atoms with Crippen LogP contribution in [0.4, 0.5) is 0 Å². The molecule has 3 heterocycles. The number of carbonyl (C=O) groups excluding carboxylic acids is 1. The number of ether oxygens (including phenoxy) is 1. The summed E-state index contributed by atoms with van der Waals surface area (Å²) < 4.78 is 6.16. The van der Waals surface area contributed by atoms with Crippen LogP contribution < -0.4 is 4.74 Å². The van der Waals surface area contributed by atoms with Crippen LogP contribution >= 0.6 is 11.3 Å². The van der Waals surface area contributed by atoms with E-state index >= 15 is 0 Å². The van der Waals surface area contributed by atoms with E-state index in [9.17, 15) is 4.79 Å². The molecule has 0 spiro atoms. The summed E-state index contributed by atoms with van der Waals surface area (Å²) in [5, 5.41) is 2.04. The predicted molar refractivity (Wildman–Crippen MR) is 118 cm³/mol. The van der Waals surface area contributed by atoms with Crippen LogP contribution in [-0.2, 0) is 0 Å². The Bertz CT molecular complexity index is 1010. The van der Waals surface area contributed by atoms with E-state index in [4.69, 9.17) is 4.74 Å². The van der Waals surface area contributed by atoms with Gasteiger partial charge in [-0.3, -0.25) is 9.78 Å². The molecule has 0 saturated carbocycles. The zero-order valence-electron chi connectivity index (χ0n) is 17.1. The van der Waals surface area contributed by atoms with Crippen molar-refractivity contribution in [3.8, 4) is 16.3 Å². The Morgan fingerprint density at radius 2 is 1.86 bits per heavy atom. The highest BCUT2D eigenvalue weighted by atomic mass is 32.1. The predicted octanol–water partition coefficient (Wildman–Crippen LogP) is 5.42. The van der Waals surface area contributed by atoms with Crippen LogP contribution in [0.25, 0.3) is 10.6 Å². The van der Waals surface area contributed by atoms with E-state index in [0.717, 1.165) is 34.9 Å². The van der Waals surface area contributed by atoms with Gasteiger partial charge in [-0.2, -0.15) is 0 Å². The summed E-state index contributed by atoms with van der Waals surface area (Å²) in [7, 11) is 0. The highest BCUT2D eigenvalue weighted by molar-refractivity contribution is 7.13. The van der Waals surface area contributed by atoms with Crippen molar-refractivity contribution < 1.29 is 9.53 Å². The first-order valence-corrected chi connectivity index (χ1v) is 10.9. The Labute approximate surface area is 176 Å². The molecule has 1 aliphatic rings. The van der Waals surface area contributed by atoms with Gasteiger partial charge in [-0.15, -0.1) is 11.3 Å². The van der Waals surface area contributed by atoms with Crippen molar-refractivity contribution in [3.05, 3.63) is 70.2 Å². The lowest BCUT2D eigenvalue weighted by atomic mass is 10.0. The van der Waals surface area contributed by atoms with Crippen molar-refractivity contribution in [2.24, 2.45) is 0 Å². The molecule has 1 fully saturated rings. The van der Waals surface area contributed by atoms with Gasteiger partial charge in [-0.25, -0.2) is 0 Å². The van der Waals surface area contributed by atoms with Crippen molar-refractivity contribution in [3.63, 3.8) is 0 Å². The molecule has 1 amide bonds. The van der Waals surface area contributed by atoms with E-state index in [1.807, 2.05) is 47.5 Å². The van der Waals surface area contributed by atoms with Gasteiger partial charge in [0.2, 0.25) is 0 Å². The van der Waals surface area contributed by atoms with Crippen molar-refractivity contribution in [2.75, 3.05) is 13.1 Å². The molecule has 0 atom stereocenters. The lowest BCUT2D eigenvalue weighted by Crippen LogP contribution is -2.42. The van der Waals surface area contributed by atoms with E-state index in [0.29, 0.717) is 18.7 Å². The molecule has 29 heavy (non-hydrogen) atoms. The summed E-state index contributed by atoms with van der Waals surface area (Å²) in [6, 6.07) is 14.1. The minimum absolute atomic E-state index is 0.0670. The number of rotatable bonds is 4. The number of nitrogens with zero attached hydrogens (tertiary/aromatic N) is 2. The number of hydrogen-bond acceptors (Lipinski definition) is 4. The second kappa shape index (κ2) is 8.37. The molecule has 0 aliphatic carbocycles. The van der Waals surface area contributed by atoms with Gasteiger partial charge in [-0.1, -0.05) is 12.1 Å². The van der Waals surface area contributed by atoms with Gasteiger partial charge in [0, 0.05) is 25.9 Å². The Hall–Kier alpha value is -2.66. The second-order valence-corrected chi connectivity index (χ2v) is 8.61. The van der Waals surface area contributed by atoms with Crippen LogP contribution in [-0.4, -0.2) is 35.0 Å². The van der Waals surface area contributed by atoms with Gasteiger partial charge in [0.25, 0.3) is 5.91 Å². The van der Waals surface area contributed by atoms with Gasteiger partial charge in [0.1, 0.15) is 11.9 Å². The third-order valence-electron chi connectivity index (χ3n) is 5.60. The van der Waals surface area contributed by atoms with Crippen LogP contribution in [0.5, 0.6) is 5.75 Å². The van der Waals surface area contributed by atoms with E-state index in [1.165, 1.54) is 11.1 Å². The number of aromatic nitrogens is 1. The Morgan fingerprint density at radius 1 is 1.07 bits per heavy atom. The highest BCUT2D eigenvalue weighted by Gasteiger charge is 2.26. The van der Waals surface area contributed by atoms with Gasteiger partial charge in [0.15, 0.2) is 0 Å². The number of likely N-dealkylation sites (tertiary alicyclic amines) is 1. The number of carbonyl (C=O) groups is 1. The van der Waals surface area contributed by atoms with Crippen molar-refractivity contribution in [1.29, 1.82) is 0 Å². The molecule has 2 aromatic heterocycles. The van der Waals surface area contributed by atoms with Gasteiger partial charge >= 0.3 is 0 Å². The van der Waals surface area contributed by atoms with Gasteiger partial charge < -0.3 is 9.64 Å². The fraction of sp³-hybridized carbons (Fsp3) is 0.333. The molecule has 0 bridgehead atoms. The summed E-state index contributed by atoms with van der Waals surface area (Å²) in [6.45, 7) is 7.54. The monoisotopic (exact) mass is 406 g/mol. The Morgan fingerprint density at radius 3 is 2.52 bits per heavy atom. The number of amides is 1. The fourth-order valence-corrected chi connectivity index (χ4v) is 4.37.